The highest BCUT2D eigenvalue weighted by molar-refractivity contribution is 5.87. The fraction of sp³-hybridized carbons (Fsp3) is 0.300. The van der Waals surface area contributed by atoms with Crippen LogP contribution in [-0.4, -0.2) is 23.5 Å². The third-order valence-electron chi connectivity index (χ3n) is 4.07. The lowest BCUT2D eigenvalue weighted by atomic mass is 9.81. The average Bonchev–Trinajstić information content (AvgIpc) is 2.55. The molecule has 0 unspecified atom stereocenters. The Hall–Kier alpha value is -2.62. The Morgan fingerprint density at radius 3 is 2.42 bits per heavy atom. The summed E-state index contributed by atoms with van der Waals surface area (Å²) in [5.74, 6) is -0.941. The minimum Gasteiger partial charge on any atom is -0.478 e. The standard InChI is InChI=1S/C20H23NO3/c1-20(2,17-9-4-3-5-10-17)14-18(22)21-12-11-15-7-6-8-16(13-15)19(23)24/h3-10,13H,11-12,14H2,1-2H3,(H,21,22)(H,23,24). The summed E-state index contributed by atoms with van der Waals surface area (Å²) >= 11 is 0. The number of carboxylic acids is 1. The first-order valence-corrected chi connectivity index (χ1v) is 8.03. The number of rotatable bonds is 7. The first-order valence-electron chi connectivity index (χ1n) is 8.03. The highest BCUT2D eigenvalue weighted by atomic mass is 16.4. The van der Waals surface area contributed by atoms with Crippen LogP contribution in [0, 0.1) is 0 Å². The fourth-order valence-corrected chi connectivity index (χ4v) is 2.66. The van der Waals surface area contributed by atoms with Gasteiger partial charge in [0.05, 0.1) is 5.56 Å². The second-order valence-corrected chi connectivity index (χ2v) is 6.53. The highest BCUT2D eigenvalue weighted by Gasteiger charge is 2.23. The Labute approximate surface area is 142 Å². The van der Waals surface area contributed by atoms with Gasteiger partial charge in [-0.05, 0) is 35.1 Å². The molecule has 2 aromatic rings. The van der Waals surface area contributed by atoms with E-state index in [4.69, 9.17) is 5.11 Å². The second kappa shape index (κ2) is 7.77. The molecule has 0 saturated carbocycles. The lowest BCUT2D eigenvalue weighted by Gasteiger charge is -2.24. The molecule has 0 aliphatic heterocycles. The maximum Gasteiger partial charge on any atom is 0.335 e. The van der Waals surface area contributed by atoms with Crippen molar-refractivity contribution in [1.29, 1.82) is 0 Å². The van der Waals surface area contributed by atoms with E-state index in [2.05, 4.69) is 19.2 Å². The van der Waals surface area contributed by atoms with Crippen molar-refractivity contribution in [2.75, 3.05) is 6.54 Å². The number of carbonyl (C=O) groups is 2. The zero-order valence-electron chi connectivity index (χ0n) is 14.1. The lowest BCUT2D eigenvalue weighted by Crippen LogP contribution is -2.32. The SMILES string of the molecule is CC(C)(CC(=O)NCCc1cccc(C(=O)O)c1)c1ccccc1. The summed E-state index contributed by atoms with van der Waals surface area (Å²) in [7, 11) is 0. The average molecular weight is 325 g/mol. The predicted octanol–water partition coefficient (Wildman–Crippen LogP) is 3.41. The van der Waals surface area contributed by atoms with Gasteiger partial charge in [0, 0.05) is 13.0 Å². The van der Waals surface area contributed by atoms with Crippen LogP contribution in [0.5, 0.6) is 0 Å². The van der Waals surface area contributed by atoms with Crippen molar-refractivity contribution < 1.29 is 14.7 Å². The highest BCUT2D eigenvalue weighted by Crippen LogP contribution is 2.26. The minimum atomic E-state index is -0.939. The van der Waals surface area contributed by atoms with Crippen molar-refractivity contribution in [3.63, 3.8) is 0 Å². The number of benzene rings is 2. The maximum absolute atomic E-state index is 12.2. The Morgan fingerprint density at radius 2 is 1.75 bits per heavy atom. The van der Waals surface area contributed by atoms with Gasteiger partial charge in [-0.3, -0.25) is 4.79 Å². The van der Waals surface area contributed by atoms with Gasteiger partial charge >= 0.3 is 5.97 Å². The topological polar surface area (TPSA) is 66.4 Å². The first-order chi connectivity index (χ1) is 11.4. The van der Waals surface area contributed by atoms with Crippen molar-refractivity contribution in [3.05, 3.63) is 71.3 Å². The van der Waals surface area contributed by atoms with Crippen molar-refractivity contribution in [2.24, 2.45) is 0 Å². The number of carbonyl (C=O) groups excluding carboxylic acids is 1. The fourth-order valence-electron chi connectivity index (χ4n) is 2.66. The van der Waals surface area contributed by atoms with Gasteiger partial charge in [-0.15, -0.1) is 0 Å². The van der Waals surface area contributed by atoms with Gasteiger partial charge in [-0.25, -0.2) is 4.79 Å². The third-order valence-corrected chi connectivity index (χ3v) is 4.07. The molecule has 2 rings (SSSR count). The minimum absolute atomic E-state index is 0.00163. The molecule has 0 spiro atoms. The van der Waals surface area contributed by atoms with E-state index < -0.39 is 5.97 Å². The molecule has 1 amide bonds. The van der Waals surface area contributed by atoms with Crippen LogP contribution >= 0.6 is 0 Å². The van der Waals surface area contributed by atoms with Crippen LogP contribution < -0.4 is 5.32 Å². The number of amides is 1. The quantitative estimate of drug-likeness (QED) is 0.820. The number of hydrogen-bond acceptors (Lipinski definition) is 2. The number of carboxylic acid groups (broad SMARTS) is 1. The molecule has 4 heteroatoms. The lowest BCUT2D eigenvalue weighted by molar-refractivity contribution is -0.122. The van der Waals surface area contributed by atoms with Gasteiger partial charge < -0.3 is 10.4 Å². The molecule has 0 bridgehead atoms. The molecular formula is C20H23NO3. The van der Waals surface area contributed by atoms with Crippen molar-refractivity contribution >= 4 is 11.9 Å². The molecule has 0 aliphatic carbocycles. The number of aromatic carboxylic acids is 1. The largest absolute Gasteiger partial charge is 0.478 e. The molecule has 2 N–H and O–H groups in total. The predicted molar refractivity (Wildman–Crippen MR) is 94.2 cm³/mol. The van der Waals surface area contributed by atoms with Crippen molar-refractivity contribution in [1.82, 2.24) is 5.32 Å². The number of nitrogens with one attached hydrogen (secondary N) is 1. The van der Waals surface area contributed by atoms with E-state index in [1.807, 2.05) is 36.4 Å². The van der Waals surface area contributed by atoms with Crippen LogP contribution in [0.25, 0.3) is 0 Å². The molecule has 0 radical (unpaired) electrons. The summed E-state index contributed by atoms with van der Waals surface area (Å²) in [5.41, 5.74) is 2.07. The molecule has 0 heterocycles. The second-order valence-electron chi connectivity index (χ2n) is 6.53. The van der Waals surface area contributed by atoms with Gasteiger partial charge in [-0.2, -0.15) is 0 Å². The monoisotopic (exact) mass is 325 g/mol. The molecule has 0 fully saturated rings. The summed E-state index contributed by atoms with van der Waals surface area (Å²) in [5, 5.41) is 11.9. The van der Waals surface area contributed by atoms with Crippen LogP contribution in [0.3, 0.4) is 0 Å². The van der Waals surface area contributed by atoms with Crippen LogP contribution in [0.4, 0.5) is 0 Å². The van der Waals surface area contributed by atoms with E-state index in [9.17, 15) is 9.59 Å². The normalized spacial score (nSPS) is 11.1. The Balaban J connectivity index is 1.85. The van der Waals surface area contributed by atoms with E-state index in [-0.39, 0.29) is 16.9 Å². The van der Waals surface area contributed by atoms with Crippen LogP contribution in [0.2, 0.25) is 0 Å². The summed E-state index contributed by atoms with van der Waals surface area (Å²) in [6.07, 6.45) is 1.02. The third kappa shape index (κ3) is 4.95. The Kier molecular flexibility index (Phi) is 5.74. The smallest absolute Gasteiger partial charge is 0.335 e. The van der Waals surface area contributed by atoms with E-state index >= 15 is 0 Å². The van der Waals surface area contributed by atoms with Crippen molar-refractivity contribution in [3.8, 4) is 0 Å². The summed E-state index contributed by atoms with van der Waals surface area (Å²) in [6, 6.07) is 16.8. The van der Waals surface area contributed by atoms with Crippen LogP contribution in [0.15, 0.2) is 54.6 Å². The molecular weight excluding hydrogens is 302 g/mol. The Morgan fingerprint density at radius 1 is 1.04 bits per heavy atom. The maximum atomic E-state index is 12.2. The van der Waals surface area contributed by atoms with Gasteiger partial charge in [0.2, 0.25) is 5.91 Å². The van der Waals surface area contributed by atoms with Gasteiger partial charge in [0.15, 0.2) is 0 Å². The Bertz CT molecular complexity index is 708. The zero-order valence-corrected chi connectivity index (χ0v) is 14.1. The molecule has 0 atom stereocenters. The molecule has 0 aromatic heterocycles. The number of hydrogen-bond donors (Lipinski definition) is 2. The van der Waals surface area contributed by atoms with Gasteiger partial charge in [-0.1, -0.05) is 56.3 Å². The van der Waals surface area contributed by atoms with E-state index in [1.165, 1.54) is 0 Å². The van der Waals surface area contributed by atoms with Crippen molar-refractivity contribution in [2.45, 2.75) is 32.1 Å². The van der Waals surface area contributed by atoms with Crippen LogP contribution in [0.1, 0.15) is 41.8 Å². The molecule has 2 aromatic carbocycles. The van der Waals surface area contributed by atoms with E-state index in [0.29, 0.717) is 19.4 Å². The molecule has 126 valence electrons. The molecule has 0 aliphatic rings. The molecule has 0 saturated heterocycles. The van der Waals surface area contributed by atoms with Crippen LogP contribution in [-0.2, 0) is 16.6 Å². The summed E-state index contributed by atoms with van der Waals surface area (Å²) < 4.78 is 0. The van der Waals surface area contributed by atoms with E-state index in [0.717, 1.165) is 11.1 Å². The van der Waals surface area contributed by atoms with Gasteiger partial charge in [0.1, 0.15) is 0 Å². The summed E-state index contributed by atoms with van der Waals surface area (Å²) in [6.45, 7) is 4.60. The summed E-state index contributed by atoms with van der Waals surface area (Å²) in [4.78, 5) is 23.1. The van der Waals surface area contributed by atoms with Gasteiger partial charge in [0.25, 0.3) is 0 Å². The first kappa shape index (κ1) is 17.7. The zero-order chi connectivity index (χ0) is 17.6. The molecule has 4 nitrogen and oxygen atoms in total. The molecule has 24 heavy (non-hydrogen) atoms. The van der Waals surface area contributed by atoms with E-state index in [1.54, 1.807) is 18.2 Å².